The van der Waals surface area contributed by atoms with Crippen LogP contribution in [-0.4, -0.2) is 15.4 Å². The van der Waals surface area contributed by atoms with Crippen molar-refractivity contribution >= 4 is 8.32 Å². The smallest absolute Gasteiger partial charge is 0.276 e. The van der Waals surface area contributed by atoms with Crippen molar-refractivity contribution in [1.82, 2.24) is 0 Å². The van der Waals surface area contributed by atoms with E-state index in [0.29, 0.717) is 0 Å². The Hall–Kier alpha value is -1.38. The minimum Gasteiger partial charge on any atom is -0.408 e. The minimum atomic E-state index is -2.07. The van der Waals surface area contributed by atoms with Crippen LogP contribution in [0.4, 0.5) is 0 Å². The third-order valence-corrected chi connectivity index (χ3v) is 8.41. The van der Waals surface area contributed by atoms with Gasteiger partial charge in [-0.25, -0.2) is 0 Å². The number of hydrogen-bond acceptors (Lipinski definition) is 1. The van der Waals surface area contributed by atoms with E-state index in [9.17, 15) is 0 Å². The summed E-state index contributed by atoms with van der Waals surface area (Å²) in [6.07, 6.45) is 23.2. The maximum atomic E-state index is 6.20. The Bertz CT molecular complexity index is 455. The number of rotatable bonds is 4. The maximum absolute atomic E-state index is 6.20. The van der Waals surface area contributed by atoms with Gasteiger partial charge in [0.15, 0.2) is 0 Å². The molecule has 3 aliphatic carbocycles. The third kappa shape index (κ3) is 1.64. The normalized spacial score (nSPS) is 21.5. The van der Waals surface area contributed by atoms with Crippen LogP contribution < -0.4 is 0 Å². The van der Waals surface area contributed by atoms with Crippen molar-refractivity contribution in [2.75, 3.05) is 7.11 Å². The monoisotopic (exact) mass is 254 g/mol. The van der Waals surface area contributed by atoms with Gasteiger partial charge in [-0.2, -0.15) is 0 Å². The molecule has 18 heavy (non-hydrogen) atoms. The molecule has 0 bridgehead atoms. The van der Waals surface area contributed by atoms with Crippen molar-refractivity contribution in [3.05, 3.63) is 70.3 Å². The average Bonchev–Trinajstić information content (AvgIpc) is 3.16. The molecule has 0 atom stereocenters. The van der Waals surface area contributed by atoms with Gasteiger partial charge in [0, 0.05) is 7.11 Å². The van der Waals surface area contributed by atoms with Gasteiger partial charge in [0.1, 0.15) is 0 Å². The molecule has 0 saturated heterocycles. The Balaban J connectivity index is 2.06. The Morgan fingerprint density at radius 1 is 0.778 bits per heavy atom. The number of allylic oxidation sites excluding steroid dienone is 12. The molecule has 0 fully saturated rings. The highest BCUT2D eigenvalue weighted by molar-refractivity contribution is 6.93. The van der Waals surface area contributed by atoms with E-state index in [1.54, 1.807) is 0 Å². The first-order valence-electron chi connectivity index (χ1n) is 6.51. The van der Waals surface area contributed by atoms with Crippen LogP contribution in [0.2, 0.25) is 0 Å². The maximum Gasteiger partial charge on any atom is 0.276 e. The fourth-order valence-electron chi connectivity index (χ4n) is 3.14. The molecule has 2 heteroatoms. The molecular weight excluding hydrogens is 236 g/mol. The van der Waals surface area contributed by atoms with Gasteiger partial charge in [-0.05, 0) is 34.9 Å². The quantitative estimate of drug-likeness (QED) is 0.692. The predicted molar refractivity (Wildman–Crippen MR) is 78.3 cm³/mol. The van der Waals surface area contributed by atoms with Crippen LogP contribution in [0, 0.1) is 0 Å². The Kier molecular flexibility index (Phi) is 3.06. The van der Waals surface area contributed by atoms with Crippen LogP contribution in [-0.2, 0) is 4.43 Å². The van der Waals surface area contributed by atoms with Crippen molar-refractivity contribution < 1.29 is 4.43 Å². The van der Waals surface area contributed by atoms with Crippen LogP contribution in [0.15, 0.2) is 70.3 Å². The van der Waals surface area contributed by atoms with Gasteiger partial charge in [0.25, 0.3) is 8.32 Å². The van der Waals surface area contributed by atoms with Gasteiger partial charge in [-0.1, -0.05) is 54.7 Å². The van der Waals surface area contributed by atoms with Crippen LogP contribution in [0.25, 0.3) is 0 Å². The lowest BCUT2D eigenvalue weighted by Gasteiger charge is -2.34. The van der Waals surface area contributed by atoms with Gasteiger partial charge in [-0.3, -0.25) is 0 Å². The van der Waals surface area contributed by atoms with E-state index in [1.807, 2.05) is 7.11 Å². The van der Waals surface area contributed by atoms with Gasteiger partial charge < -0.3 is 4.43 Å². The van der Waals surface area contributed by atoms with Gasteiger partial charge in [0.05, 0.1) is 0 Å². The lowest BCUT2D eigenvalue weighted by atomic mass is 10.4. The average molecular weight is 254 g/mol. The molecule has 0 saturated carbocycles. The summed E-state index contributed by atoms with van der Waals surface area (Å²) >= 11 is 0. The van der Waals surface area contributed by atoms with Gasteiger partial charge in [0.2, 0.25) is 0 Å². The van der Waals surface area contributed by atoms with E-state index in [2.05, 4.69) is 54.7 Å². The highest BCUT2D eigenvalue weighted by Gasteiger charge is 2.45. The van der Waals surface area contributed by atoms with E-state index in [4.69, 9.17) is 4.43 Å². The summed E-state index contributed by atoms with van der Waals surface area (Å²) < 4.78 is 6.20. The van der Waals surface area contributed by atoms with Crippen LogP contribution >= 0.6 is 0 Å². The van der Waals surface area contributed by atoms with Crippen LogP contribution in [0.5, 0.6) is 0 Å². The first-order chi connectivity index (χ1) is 8.88. The minimum absolute atomic E-state index is 1.05. The summed E-state index contributed by atoms with van der Waals surface area (Å²) in [7, 11) is -0.182. The second-order valence-corrected chi connectivity index (χ2v) is 8.56. The molecule has 0 aliphatic heterocycles. The third-order valence-electron chi connectivity index (χ3n) is 3.98. The summed E-state index contributed by atoms with van der Waals surface area (Å²) in [5, 5.41) is 4.49. The molecular formula is C16H18OSi. The van der Waals surface area contributed by atoms with Gasteiger partial charge >= 0.3 is 0 Å². The van der Waals surface area contributed by atoms with E-state index < -0.39 is 8.32 Å². The molecule has 0 aromatic heterocycles. The van der Waals surface area contributed by atoms with Crippen molar-refractivity contribution in [2.45, 2.75) is 19.3 Å². The van der Waals surface area contributed by atoms with E-state index in [1.165, 1.54) is 15.6 Å². The molecule has 1 nitrogen and oxygen atoms in total. The standard InChI is InChI=1S/C16H18OSi/c1-17-18(14-8-2-3-9-14,15-10-4-5-11-15)16-12-6-7-13-16/h2-8,10,12H,9,11,13H2,1H3. The lowest BCUT2D eigenvalue weighted by Crippen LogP contribution is -2.44. The van der Waals surface area contributed by atoms with Crippen molar-refractivity contribution in [3.63, 3.8) is 0 Å². The summed E-state index contributed by atoms with van der Waals surface area (Å²) in [4.78, 5) is 0. The molecule has 0 heterocycles. The fraction of sp³-hybridized carbons (Fsp3) is 0.250. The van der Waals surface area contributed by atoms with Crippen molar-refractivity contribution in [3.8, 4) is 0 Å². The molecule has 0 N–H and O–H groups in total. The topological polar surface area (TPSA) is 9.23 Å². The molecule has 0 aromatic rings. The van der Waals surface area contributed by atoms with E-state index in [-0.39, 0.29) is 0 Å². The first-order valence-corrected chi connectivity index (χ1v) is 8.42. The second-order valence-electron chi connectivity index (χ2n) is 4.86. The molecule has 0 spiro atoms. The van der Waals surface area contributed by atoms with E-state index in [0.717, 1.165) is 19.3 Å². The Morgan fingerprint density at radius 2 is 1.17 bits per heavy atom. The van der Waals surface area contributed by atoms with Crippen LogP contribution in [0.1, 0.15) is 19.3 Å². The Labute approximate surface area is 110 Å². The zero-order valence-electron chi connectivity index (χ0n) is 10.7. The van der Waals surface area contributed by atoms with E-state index >= 15 is 0 Å². The predicted octanol–water partition coefficient (Wildman–Crippen LogP) is 3.85. The SMILES string of the molecule is CO[Si](C1=CC=CC1)(C1=CC=CC1)C1=CC=CC1. The molecule has 3 aliphatic rings. The largest absolute Gasteiger partial charge is 0.408 e. The summed E-state index contributed by atoms with van der Waals surface area (Å²) in [6.45, 7) is 0. The zero-order valence-corrected chi connectivity index (χ0v) is 11.7. The molecule has 92 valence electrons. The summed E-state index contributed by atoms with van der Waals surface area (Å²) in [6, 6.07) is 0. The molecule has 3 rings (SSSR count). The van der Waals surface area contributed by atoms with Crippen molar-refractivity contribution in [2.24, 2.45) is 0 Å². The molecule has 0 amide bonds. The second kappa shape index (κ2) is 4.71. The highest BCUT2D eigenvalue weighted by atomic mass is 28.4. The summed E-state index contributed by atoms with van der Waals surface area (Å²) in [5.41, 5.74) is 0. The van der Waals surface area contributed by atoms with Gasteiger partial charge in [-0.15, -0.1) is 0 Å². The summed E-state index contributed by atoms with van der Waals surface area (Å²) in [5.74, 6) is 0. The zero-order chi connectivity index (χ0) is 12.4. The lowest BCUT2D eigenvalue weighted by molar-refractivity contribution is 0.413. The molecule has 0 unspecified atom stereocenters. The highest BCUT2D eigenvalue weighted by Crippen LogP contribution is 2.41. The molecule has 0 radical (unpaired) electrons. The Morgan fingerprint density at radius 3 is 1.39 bits per heavy atom. The molecule has 0 aromatic carbocycles. The fourth-order valence-corrected chi connectivity index (χ4v) is 7.37. The van der Waals surface area contributed by atoms with Crippen LogP contribution in [0.3, 0.4) is 0 Å². The first kappa shape index (κ1) is 11.7. The van der Waals surface area contributed by atoms with Crippen molar-refractivity contribution in [1.29, 1.82) is 0 Å². The number of hydrogen-bond donors (Lipinski definition) is 0.